The van der Waals surface area contributed by atoms with E-state index in [1.165, 1.54) is 6.07 Å². The summed E-state index contributed by atoms with van der Waals surface area (Å²) < 4.78 is 3.60. The van der Waals surface area contributed by atoms with Gasteiger partial charge in [-0.05, 0) is 24.3 Å². The molecular formula is C24H18N8O2. The molecule has 0 aliphatic carbocycles. The normalized spacial score (nSPS) is 10.7. The monoisotopic (exact) mass is 450 g/mol. The standard InChI is InChI=1S/C12H8N4O2.C12H10N4/c17-16(18)11-5-2-1-4-9(11)10-8-15-7-3-6-13-12(15)14-10;13-10-5-2-1-4-9(10)11-8-16-7-3-6-14-12(16)15-11/h1-8H;1-8H,13H2. The fraction of sp³-hybridized carbons (Fsp3) is 0. The molecule has 166 valence electrons. The number of hydrogen-bond donors (Lipinski definition) is 1. The van der Waals surface area contributed by atoms with E-state index in [1.807, 2.05) is 47.1 Å². The second-order valence-electron chi connectivity index (χ2n) is 7.27. The zero-order valence-corrected chi connectivity index (χ0v) is 17.8. The van der Waals surface area contributed by atoms with Gasteiger partial charge in [0.1, 0.15) is 0 Å². The quantitative estimate of drug-likeness (QED) is 0.242. The van der Waals surface area contributed by atoms with Crippen LogP contribution in [0.4, 0.5) is 11.4 Å². The van der Waals surface area contributed by atoms with Crippen molar-refractivity contribution in [2.24, 2.45) is 0 Å². The van der Waals surface area contributed by atoms with Gasteiger partial charge in [-0.3, -0.25) is 18.9 Å². The maximum absolute atomic E-state index is 11.0. The van der Waals surface area contributed by atoms with E-state index in [4.69, 9.17) is 5.73 Å². The van der Waals surface area contributed by atoms with Crippen LogP contribution in [-0.4, -0.2) is 33.7 Å². The van der Waals surface area contributed by atoms with Crippen LogP contribution in [0.25, 0.3) is 34.1 Å². The van der Waals surface area contributed by atoms with Crippen LogP contribution in [0, 0.1) is 10.1 Å². The lowest BCUT2D eigenvalue weighted by Gasteiger charge is -1.99. The highest BCUT2D eigenvalue weighted by molar-refractivity contribution is 5.74. The highest BCUT2D eigenvalue weighted by Gasteiger charge is 2.16. The van der Waals surface area contributed by atoms with Crippen LogP contribution >= 0.6 is 0 Å². The molecule has 0 bridgehead atoms. The van der Waals surface area contributed by atoms with Gasteiger partial charge in [0.25, 0.3) is 5.69 Å². The Labute approximate surface area is 193 Å². The van der Waals surface area contributed by atoms with Gasteiger partial charge < -0.3 is 5.73 Å². The lowest BCUT2D eigenvalue weighted by atomic mass is 10.1. The van der Waals surface area contributed by atoms with Crippen molar-refractivity contribution in [3.8, 4) is 22.5 Å². The number of nitro benzene ring substituents is 1. The van der Waals surface area contributed by atoms with Crippen LogP contribution in [0.1, 0.15) is 0 Å². The predicted molar refractivity (Wildman–Crippen MR) is 128 cm³/mol. The van der Waals surface area contributed by atoms with Gasteiger partial charge in [0, 0.05) is 54.5 Å². The number of fused-ring (bicyclic) bond motifs is 2. The van der Waals surface area contributed by atoms with Gasteiger partial charge in [-0.2, -0.15) is 0 Å². The number of nitrogen functional groups attached to an aromatic ring is 1. The third kappa shape index (κ3) is 4.02. The van der Waals surface area contributed by atoms with E-state index in [0.717, 1.165) is 16.9 Å². The van der Waals surface area contributed by atoms with Gasteiger partial charge >= 0.3 is 0 Å². The second-order valence-corrected chi connectivity index (χ2v) is 7.27. The highest BCUT2D eigenvalue weighted by Crippen LogP contribution is 2.28. The molecule has 6 rings (SSSR count). The Hall–Kier alpha value is -5.12. The van der Waals surface area contributed by atoms with E-state index in [9.17, 15) is 10.1 Å². The second kappa shape index (κ2) is 8.79. The molecule has 0 unspecified atom stereocenters. The van der Waals surface area contributed by atoms with Crippen molar-refractivity contribution in [1.29, 1.82) is 0 Å². The van der Waals surface area contributed by atoms with Crippen LogP contribution in [-0.2, 0) is 0 Å². The number of aromatic nitrogens is 6. The molecule has 2 aromatic carbocycles. The summed E-state index contributed by atoms with van der Waals surface area (Å²) in [5.74, 6) is 1.20. The smallest absolute Gasteiger partial charge is 0.278 e. The summed E-state index contributed by atoms with van der Waals surface area (Å²) in [6, 6.07) is 17.9. The van der Waals surface area contributed by atoms with Gasteiger partial charge in [-0.1, -0.05) is 30.3 Å². The highest BCUT2D eigenvalue weighted by atomic mass is 16.6. The average molecular weight is 450 g/mol. The Morgan fingerprint density at radius 3 is 1.82 bits per heavy atom. The van der Waals surface area contributed by atoms with Crippen molar-refractivity contribution in [1.82, 2.24) is 28.7 Å². The largest absolute Gasteiger partial charge is 0.398 e. The summed E-state index contributed by atoms with van der Waals surface area (Å²) in [7, 11) is 0. The molecule has 2 N–H and O–H groups in total. The molecule has 0 aliphatic heterocycles. The number of para-hydroxylation sites is 2. The van der Waals surface area contributed by atoms with Gasteiger partial charge in [-0.15, -0.1) is 0 Å². The molecule has 0 fully saturated rings. The molecule has 10 heteroatoms. The fourth-order valence-electron chi connectivity index (χ4n) is 3.50. The number of anilines is 1. The number of benzene rings is 2. The molecule has 6 aromatic rings. The lowest BCUT2D eigenvalue weighted by Crippen LogP contribution is -1.91. The first-order valence-electron chi connectivity index (χ1n) is 10.3. The average Bonchev–Trinajstić information content (AvgIpc) is 3.49. The molecule has 4 heterocycles. The lowest BCUT2D eigenvalue weighted by molar-refractivity contribution is -0.384. The first kappa shape index (κ1) is 20.8. The summed E-state index contributed by atoms with van der Waals surface area (Å²) in [6.45, 7) is 0. The number of hydrogen-bond acceptors (Lipinski definition) is 7. The minimum atomic E-state index is -0.410. The van der Waals surface area contributed by atoms with Gasteiger partial charge in [-0.25, -0.2) is 19.9 Å². The summed E-state index contributed by atoms with van der Waals surface area (Å²) in [5.41, 5.74) is 9.49. The van der Waals surface area contributed by atoms with Gasteiger partial charge in [0.05, 0.1) is 21.9 Å². The molecule has 4 aromatic heterocycles. The van der Waals surface area contributed by atoms with Gasteiger partial charge in [0.2, 0.25) is 11.6 Å². The molecule has 0 spiro atoms. The SMILES string of the molecule is Nc1ccccc1-c1cn2cccnc2n1.O=[N+]([O-])c1ccccc1-c1cn2cccnc2n1. The van der Waals surface area contributed by atoms with Gasteiger partial charge in [0.15, 0.2) is 0 Å². The predicted octanol–water partition coefficient (Wildman–Crippen LogP) is 4.28. The number of rotatable bonds is 3. The van der Waals surface area contributed by atoms with Crippen molar-refractivity contribution in [2.45, 2.75) is 0 Å². The van der Waals surface area contributed by atoms with Crippen molar-refractivity contribution in [3.63, 3.8) is 0 Å². The summed E-state index contributed by atoms with van der Waals surface area (Å²) in [6.07, 6.45) is 10.7. The molecule has 0 atom stereocenters. The molecular weight excluding hydrogens is 432 g/mol. The summed E-state index contributed by atoms with van der Waals surface area (Å²) in [5, 5.41) is 11.0. The molecule has 34 heavy (non-hydrogen) atoms. The fourth-order valence-corrected chi connectivity index (χ4v) is 3.50. The minimum Gasteiger partial charge on any atom is -0.398 e. The van der Waals surface area contributed by atoms with Crippen LogP contribution in [0.2, 0.25) is 0 Å². The van der Waals surface area contributed by atoms with Crippen molar-refractivity contribution >= 4 is 22.9 Å². The third-order valence-electron chi connectivity index (χ3n) is 5.08. The van der Waals surface area contributed by atoms with Crippen molar-refractivity contribution in [3.05, 3.63) is 108 Å². The van der Waals surface area contributed by atoms with E-state index < -0.39 is 4.92 Å². The topological polar surface area (TPSA) is 130 Å². The molecule has 0 radical (unpaired) electrons. The summed E-state index contributed by atoms with van der Waals surface area (Å²) >= 11 is 0. The molecule has 0 saturated heterocycles. The van der Waals surface area contributed by atoms with Crippen molar-refractivity contribution < 1.29 is 4.92 Å². The van der Waals surface area contributed by atoms with Crippen LogP contribution in [0.3, 0.4) is 0 Å². The number of nitrogens with zero attached hydrogens (tertiary/aromatic N) is 7. The van der Waals surface area contributed by atoms with E-state index in [0.29, 0.717) is 22.8 Å². The van der Waals surface area contributed by atoms with E-state index in [1.54, 1.807) is 53.5 Å². The molecule has 0 amide bonds. The zero-order valence-electron chi connectivity index (χ0n) is 17.8. The first-order valence-corrected chi connectivity index (χ1v) is 10.3. The van der Waals surface area contributed by atoms with E-state index in [-0.39, 0.29) is 5.69 Å². The first-order chi connectivity index (χ1) is 16.6. The number of nitrogens with two attached hydrogens (primary N) is 1. The number of nitro groups is 1. The van der Waals surface area contributed by atoms with Crippen LogP contribution in [0.15, 0.2) is 97.8 Å². The van der Waals surface area contributed by atoms with Crippen LogP contribution in [0.5, 0.6) is 0 Å². The Kier molecular flexibility index (Phi) is 5.37. The van der Waals surface area contributed by atoms with Crippen molar-refractivity contribution in [2.75, 3.05) is 5.73 Å². The van der Waals surface area contributed by atoms with Crippen LogP contribution < -0.4 is 5.73 Å². The molecule has 10 nitrogen and oxygen atoms in total. The van der Waals surface area contributed by atoms with E-state index >= 15 is 0 Å². The van der Waals surface area contributed by atoms with E-state index in [2.05, 4.69) is 19.9 Å². The number of imidazole rings is 2. The Morgan fingerprint density at radius 1 is 0.735 bits per heavy atom. The Balaban J connectivity index is 0.000000142. The third-order valence-corrected chi connectivity index (χ3v) is 5.08. The molecule has 0 saturated carbocycles. The Bertz CT molecular complexity index is 1560. The zero-order chi connectivity index (χ0) is 23.5. The minimum absolute atomic E-state index is 0.0425. The maximum atomic E-state index is 11.0. The molecule has 0 aliphatic rings. The summed E-state index contributed by atoms with van der Waals surface area (Å²) in [4.78, 5) is 27.5. The Morgan fingerprint density at radius 2 is 1.26 bits per heavy atom. The maximum Gasteiger partial charge on any atom is 0.278 e.